The first-order chi connectivity index (χ1) is 9.95. The first kappa shape index (κ1) is 13.9. The molecule has 0 aliphatic heterocycles. The van der Waals surface area contributed by atoms with E-state index in [2.05, 4.69) is 5.32 Å². The van der Waals surface area contributed by atoms with Crippen molar-refractivity contribution in [1.29, 1.82) is 0 Å². The van der Waals surface area contributed by atoms with E-state index in [1.807, 2.05) is 24.3 Å². The van der Waals surface area contributed by atoms with Gasteiger partial charge in [0.1, 0.15) is 5.82 Å². The lowest BCUT2D eigenvalue weighted by Gasteiger charge is -2.30. The molecule has 1 aliphatic carbocycles. The maximum absolute atomic E-state index is 13.6. The summed E-state index contributed by atoms with van der Waals surface area (Å²) in [6.45, 7) is 0.426. The molecule has 1 unspecified atom stereocenters. The molecule has 21 heavy (non-hydrogen) atoms. The molecule has 0 fully saturated rings. The van der Waals surface area contributed by atoms with Gasteiger partial charge in [0.2, 0.25) is 0 Å². The second kappa shape index (κ2) is 5.06. The van der Waals surface area contributed by atoms with Crippen LogP contribution in [-0.2, 0) is 12.6 Å². The van der Waals surface area contributed by atoms with E-state index in [9.17, 15) is 17.6 Å². The fourth-order valence-corrected chi connectivity index (χ4v) is 2.62. The van der Waals surface area contributed by atoms with Crippen molar-refractivity contribution in [2.75, 3.05) is 11.9 Å². The molecule has 1 aliphatic rings. The molecule has 3 rings (SSSR count). The molecule has 0 aromatic heterocycles. The van der Waals surface area contributed by atoms with Gasteiger partial charge in [-0.1, -0.05) is 24.3 Å². The summed E-state index contributed by atoms with van der Waals surface area (Å²) in [5.74, 6) is -0.453. The lowest BCUT2D eigenvalue weighted by Crippen LogP contribution is -2.24. The van der Waals surface area contributed by atoms with Gasteiger partial charge in [-0.2, -0.15) is 13.2 Å². The summed E-state index contributed by atoms with van der Waals surface area (Å²) >= 11 is 0. The third-order valence-corrected chi connectivity index (χ3v) is 3.79. The van der Waals surface area contributed by atoms with Gasteiger partial charge in [0.05, 0.1) is 11.3 Å². The maximum Gasteiger partial charge on any atom is 0.416 e. The van der Waals surface area contributed by atoms with Gasteiger partial charge in [0.25, 0.3) is 0 Å². The maximum atomic E-state index is 13.6. The number of alkyl halides is 3. The van der Waals surface area contributed by atoms with E-state index in [1.165, 1.54) is 11.1 Å². The molecule has 1 nitrogen and oxygen atoms in total. The Bertz CT molecular complexity index is 664. The summed E-state index contributed by atoms with van der Waals surface area (Å²) in [4.78, 5) is 0. The van der Waals surface area contributed by atoms with Crippen LogP contribution in [-0.4, -0.2) is 6.54 Å². The van der Waals surface area contributed by atoms with Crippen LogP contribution in [0.2, 0.25) is 0 Å². The fraction of sp³-hybridized carbons (Fsp3) is 0.250. The van der Waals surface area contributed by atoms with Crippen LogP contribution < -0.4 is 5.32 Å². The zero-order chi connectivity index (χ0) is 15.0. The van der Waals surface area contributed by atoms with Crippen LogP contribution in [0.1, 0.15) is 22.6 Å². The van der Waals surface area contributed by atoms with Gasteiger partial charge in [-0.3, -0.25) is 0 Å². The molecule has 0 spiro atoms. The van der Waals surface area contributed by atoms with Crippen LogP contribution in [0, 0.1) is 5.82 Å². The molecular weight excluding hydrogens is 282 g/mol. The van der Waals surface area contributed by atoms with Gasteiger partial charge in [0, 0.05) is 12.5 Å². The van der Waals surface area contributed by atoms with Crippen LogP contribution >= 0.6 is 0 Å². The molecule has 0 heterocycles. The Kier molecular flexibility index (Phi) is 3.35. The number of hydrogen-bond donors (Lipinski definition) is 1. The third kappa shape index (κ3) is 2.73. The number of rotatable bonds is 3. The first-order valence-electron chi connectivity index (χ1n) is 6.63. The van der Waals surface area contributed by atoms with E-state index in [-0.39, 0.29) is 11.6 Å². The zero-order valence-corrected chi connectivity index (χ0v) is 11.0. The largest absolute Gasteiger partial charge is 0.416 e. The van der Waals surface area contributed by atoms with Crippen molar-refractivity contribution < 1.29 is 17.6 Å². The van der Waals surface area contributed by atoms with E-state index in [0.29, 0.717) is 6.54 Å². The molecule has 0 amide bonds. The van der Waals surface area contributed by atoms with E-state index < -0.39 is 17.6 Å². The van der Waals surface area contributed by atoms with Crippen molar-refractivity contribution in [3.8, 4) is 0 Å². The minimum Gasteiger partial charge on any atom is -0.382 e. The third-order valence-electron chi connectivity index (χ3n) is 3.79. The number of fused-ring (bicyclic) bond motifs is 1. The average Bonchev–Trinajstić information content (AvgIpc) is 2.40. The highest BCUT2D eigenvalue weighted by Crippen LogP contribution is 2.36. The van der Waals surface area contributed by atoms with Crippen LogP contribution in [0.3, 0.4) is 0 Å². The molecule has 1 atom stereocenters. The fourth-order valence-electron chi connectivity index (χ4n) is 2.62. The smallest absolute Gasteiger partial charge is 0.382 e. The molecule has 2 aromatic rings. The zero-order valence-electron chi connectivity index (χ0n) is 11.0. The summed E-state index contributed by atoms with van der Waals surface area (Å²) in [6.07, 6.45) is -3.60. The predicted molar refractivity (Wildman–Crippen MR) is 72.8 cm³/mol. The minimum atomic E-state index is -4.47. The quantitative estimate of drug-likeness (QED) is 0.816. The Morgan fingerprint density at radius 1 is 1.10 bits per heavy atom. The molecule has 2 aromatic carbocycles. The molecule has 0 saturated heterocycles. The molecule has 110 valence electrons. The number of benzene rings is 2. The van der Waals surface area contributed by atoms with Crippen molar-refractivity contribution in [3.05, 3.63) is 65.0 Å². The van der Waals surface area contributed by atoms with Gasteiger partial charge in [-0.15, -0.1) is 0 Å². The lowest BCUT2D eigenvalue weighted by atomic mass is 9.77. The summed E-state index contributed by atoms with van der Waals surface area (Å²) in [5.41, 5.74) is 1.47. The van der Waals surface area contributed by atoms with Crippen molar-refractivity contribution in [2.24, 2.45) is 0 Å². The number of anilines is 1. The predicted octanol–water partition coefficient (Wildman–Crippen LogP) is 4.60. The Morgan fingerprint density at radius 3 is 2.57 bits per heavy atom. The Labute approximate surface area is 119 Å². The van der Waals surface area contributed by atoms with E-state index in [0.717, 1.165) is 24.6 Å². The number of hydrogen-bond acceptors (Lipinski definition) is 1. The molecule has 0 radical (unpaired) electrons. The van der Waals surface area contributed by atoms with Gasteiger partial charge >= 0.3 is 6.18 Å². The molecule has 0 bridgehead atoms. The molecule has 1 N–H and O–H groups in total. The van der Waals surface area contributed by atoms with Crippen molar-refractivity contribution >= 4 is 5.69 Å². The summed E-state index contributed by atoms with van der Waals surface area (Å²) in [5, 5.41) is 2.79. The van der Waals surface area contributed by atoms with Crippen LogP contribution in [0.25, 0.3) is 0 Å². The monoisotopic (exact) mass is 295 g/mol. The average molecular weight is 295 g/mol. The van der Waals surface area contributed by atoms with Gasteiger partial charge in [-0.05, 0) is 35.7 Å². The summed E-state index contributed by atoms with van der Waals surface area (Å²) in [7, 11) is 0. The van der Waals surface area contributed by atoms with Gasteiger partial charge in [-0.25, -0.2) is 4.39 Å². The Hall–Kier alpha value is -2.04. The Balaban J connectivity index is 1.72. The highest BCUT2D eigenvalue weighted by molar-refractivity contribution is 5.49. The van der Waals surface area contributed by atoms with Crippen molar-refractivity contribution in [2.45, 2.75) is 18.5 Å². The van der Waals surface area contributed by atoms with Crippen LogP contribution in [0.4, 0.5) is 23.2 Å². The first-order valence-corrected chi connectivity index (χ1v) is 6.63. The highest BCUT2D eigenvalue weighted by atomic mass is 19.4. The standard InChI is InChI=1S/C16H13F4N/c17-14-6-5-12(16(18,19)20)8-15(14)21-9-11-7-10-3-1-2-4-13(10)11/h1-6,8,11,21H,7,9H2. The number of halogens is 4. The topological polar surface area (TPSA) is 12.0 Å². The normalized spacial score (nSPS) is 17.0. The van der Waals surface area contributed by atoms with E-state index in [4.69, 9.17) is 0 Å². The molecular formula is C16H13F4N. The van der Waals surface area contributed by atoms with Gasteiger partial charge < -0.3 is 5.32 Å². The van der Waals surface area contributed by atoms with E-state index >= 15 is 0 Å². The van der Waals surface area contributed by atoms with Crippen molar-refractivity contribution in [1.82, 2.24) is 0 Å². The highest BCUT2D eigenvalue weighted by Gasteiger charge is 2.31. The van der Waals surface area contributed by atoms with Crippen molar-refractivity contribution in [3.63, 3.8) is 0 Å². The van der Waals surface area contributed by atoms with Gasteiger partial charge in [0.15, 0.2) is 0 Å². The summed E-state index contributed by atoms with van der Waals surface area (Å²) < 4.78 is 51.5. The van der Waals surface area contributed by atoms with Crippen LogP contribution in [0.5, 0.6) is 0 Å². The lowest BCUT2D eigenvalue weighted by molar-refractivity contribution is -0.137. The number of nitrogens with one attached hydrogen (secondary N) is 1. The SMILES string of the molecule is Fc1ccc(C(F)(F)F)cc1NCC1Cc2ccccc21. The minimum absolute atomic E-state index is 0.103. The molecule has 5 heteroatoms. The molecule has 0 saturated carbocycles. The van der Waals surface area contributed by atoms with Crippen LogP contribution in [0.15, 0.2) is 42.5 Å². The second-order valence-corrected chi connectivity index (χ2v) is 5.17. The van der Waals surface area contributed by atoms with E-state index in [1.54, 1.807) is 0 Å². The second-order valence-electron chi connectivity index (χ2n) is 5.17. The Morgan fingerprint density at radius 2 is 1.86 bits per heavy atom. The summed E-state index contributed by atoms with van der Waals surface area (Å²) in [6, 6.07) is 10.3.